The third-order valence-corrected chi connectivity index (χ3v) is 2.17. The van der Waals surface area contributed by atoms with E-state index < -0.39 is 6.10 Å². The van der Waals surface area contributed by atoms with Crippen molar-refractivity contribution in [1.82, 2.24) is 0 Å². The van der Waals surface area contributed by atoms with Gasteiger partial charge in [-0.25, -0.2) is 4.79 Å². The molecule has 0 radical (unpaired) electrons. The molecule has 0 aliphatic rings. The summed E-state index contributed by atoms with van der Waals surface area (Å²) in [5, 5.41) is 9.28. The van der Waals surface area contributed by atoms with Crippen LogP contribution in [0, 0.1) is 0 Å². The van der Waals surface area contributed by atoms with Crippen molar-refractivity contribution < 1.29 is 19.4 Å². The number of esters is 1. The van der Waals surface area contributed by atoms with Crippen LogP contribution in [-0.4, -0.2) is 30.9 Å². The number of ether oxygens (including phenoxy) is 2. The third kappa shape index (κ3) is 3.55. The molecule has 0 heterocycles. The molecule has 1 aromatic rings. The van der Waals surface area contributed by atoms with Crippen molar-refractivity contribution in [1.29, 1.82) is 0 Å². The zero-order valence-electron chi connectivity index (χ0n) is 9.47. The first-order valence-electron chi connectivity index (χ1n) is 5.14. The fourth-order valence-electron chi connectivity index (χ4n) is 1.40. The van der Waals surface area contributed by atoms with Crippen LogP contribution in [0.5, 0.6) is 5.75 Å². The summed E-state index contributed by atoms with van der Waals surface area (Å²) in [5.41, 5.74) is 0.833. The van der Waals surface area contributed by atoms with Gasteiger partial charge < -0.3 is 14.6 Å². The SMILES string of the molecule is CCOC(=O)C(Cc1cccc(O)c1)OC. The van der Waals surface area contributed by atoms with Gasteiger partial charge in [0.05, 0.1) is 6.61 Å². The lowest BCUT2D eigenvalue weighted by Gasteiger charge is -2.13. The molecule has 0 spiro atoms. The van der Waals surface area contributed by atoms with Gasteiger partial charge in [-0.15, -0.1) is 0 Å². The Hall–Kier alpha value is -1.55. The van der Waals surface area contributed by atoms with Crippen LogP contribution in [0.25, 0.3) is 0 Å². The Morgan fingerprint density at radius 3 is 2.81 bits per heavy atom. The predicted molar refractivity (Wildman–Crippen MR) is 59.2 cm³/mol. The van der Waals surface area contributed by atoms with Crippen molar-refractivity contribution in [2.45, 2.75) is 19.4 Å². The molecule has 0 aromatic heterocycles. The van der Waals surface area contributed by atoms with Crippen molar-refractivity contribution in [2.24, 2.45) is 0 Å². The number of rotatable bonds is 5. The van der Waals surface area contributed by atoms with E-state index in [9.17, 15) is 9.90 Å². The van der Waals surface area contributed by atoms with Crippen molar-refractivity contribution >= 4 is 5.97 Å². The molecule has 1 rings (SSSR count). The lowest BCUT2D eigenvalue weighted by Crippen LogP contribution is -2.27. The summed E-state index contributed by atoms with van der Waals surface area (Å²) < 4.78 is 9.92. The average molecular weight is 224 g/mol. The van der Waals surface area contributed by atoms with Gasteiger partial charge in [-0.3, -0.25) is 0 Å². The molecule has 0 fully saturated rings. The van der Waals surface area contributed by atoms with Crippen LogP contribution in [-0.2, 0) is 20.7 Å². The van der Waals surface area contributed by atoms with Crippen LogP contribution >= 0.6 is 0 Å². The van der Waals surface area contributed by atoms with Gasteiger partial charge in [0.25, 0.3) is 0 Å². The highest BCUT2D eigenvalue weighted by atomic mass is 16.6. The second kappa shape index (κ2) is 6.12. The molecular weight excluding hydrogens is 208 g/mol. The Labute approximate surface area is 94.8 Å². The number of methoxy groups -OCH3 is 1. The summed E-state index contributed by atoms with van der Waals surface area (Å²) in [6.07, 6.45) is -0.231. The highest BCUT2D eigenvalue weighted by Crippen LogP contribution is 2.14. The molecule has 4 nitrogen and oxygen atoms in total. The highest BCUT2D eigenvalue weighted by molar-refractivity contribution is 5.75. The van der Waals surface area contributed by atoms with Gasteiger partial charge in [0.15, 0.2) is 6.10 Å². The fourth-order valence-corrected chi connectivity index (χ4v) is 1.40. The topological polar surface area (TPSA) is 55.8 Å². The fraction of sp³-hybridized carbons (Fsp3) is 0.417. The maximum Gasteiger partial charge on any atom is 0.335 e. The molecule has 0 saturated heterocycles. The average Bonchev–Trinajstić information content (AvgIpc) is 2.26. The summed E-state index contributed by atoms with van der Waals surface area (Å²) in [4.78, 5) is 11.5. The monoisotopic (exact) mass is 224 g/mol. The Balaban J connectivity index is 2.66. The predicted octanol–water partition coefficient (Wildman–Crippen LogP) is 1.51. The maximum absolute atomic E-state index is 11.5. The van der Waals surface area contributed by atoms with Crippen LogP contribution in [0.4, 0.5) is 0 Å². The van der Waals surface area contributed by atoms with Crippen LogP contribution in [0.15, 0.2) is 24.3 Å². The van der Waals surface area contributed by atoms with Crippen LogP contribution < -0.4 is 0 Å². The van der Waals surface area contributed by atoms with E-state index in [0.717, 1.165) is 5.56 Å². The van der Waals surface area contributed by atoms with E-state index in [4.69, 9.17) is 9.47 Å². The normalized spacial score (nSPS) is 12.1. The minimum Gasteiger partial charge on any atom is -0.508 e. The number of aromatic hydroxyl groups is 1. The van der Waals surface area contributed by atoms with Gasteiger partial charge >= 0.3 is 5.97 Å². The molecule has 16 heavy (non-hydrogen) atoms. The van der Waals surface area contributed by atoms with Gasteiger partial charge in [0.2, 0.25) is 0 Å². The summed E-state index contributed by atoms with van der Waals surface area (Å²) >= 11 is 0. The number of phenolic OH excluding ortho intramolecular Hbond substituents is 1. The molecular formula is C12H16O4. The minimum atomic E-state index is -0.623. The van der Waals surface area contributed by atoms with Gasteiger partial charge in [-0.1, -0.05) is 12.1 Å². The third-order valence-electron chi connectivity index (χ3n) is 2.17. The van der Waals surface area contributed by atoms with E-state index >= 15 is 0 Å². The molecule has 1 atom stereocenters. The molecule has 0 aliphatic heterocycles. The smallest absolute Gasteiger partial charge is 0.335 e. The molecule has 1 N–H and O–H groups in total. The standard InChI is InChI=1S/C12H16O4/c1-3-16-12(14)11(15-2)8-9-5-4-6-10(13)7-9/h4-7,11,13H,3,8H2,1-2H3. The molecule has 0 saturated carbocycles. The summed E-state index contributed by atoms with van der Waals surface area (Å²) in [5.74, 6) is -0.204. The van der Waals surface area contributed by atoms with Gasteiger partial charge in [0, 0.05) is 13.5 Å². The van der Waals surface area contributed by atoms with Crippen LogP contribution in [0.1, 0.15) is 12.5 Å². The molecule has 88 valence electrons. The molecule has 0 aliphatic carbocycles. The molecule has 1 unspecified atom stereocenters. The van der Waals surface area contributed by atoms with E-state index in [-0.39, 0.29) is 11.7 Å². The van der Waals surface area contributed by atoms with E-state index in [0.29, 0.717) is 13.0 Å². The van der Waals surface area contributed by atoms with E-state index in [1.54, 1.807) is 25.1 Å². The lowest BCUT2D eigenvalue weighted by molar-refractivity contribution is -0.154. The number of carbonyl (C=O) groups excluding carboxylic acids is 1. The Kier molecular flexibility index (Phi) is 4.79. The summed E-state index contributed by atoms with van der Waals surface area (Å²) in [6.45, 7) is 2.08. The number of benzene rings is 1. The van der Waals surface area contributed by atoms with E-state index in [2.05, 4.69) is 0 Å². The zero-order chi connectivity index (χ0) is 12.0. The molecule has 4 heteroatoms. The summed E-state index contributed by atoms with van der Waals surface area (Å²) in [7, 11) is 1.46. The van der Waals surface area contributed by atoms with Crippen molar-refractivity contribution in [2.75, 3.05) is 13.7 Å². The lowest BCUT2D eigenvalue weighted by atomic mass is 10.1. The quantitative estimate of drug-likeness (QED) is 0.770. The number of phenols is 1. The first kappa shape index (κ1) is 12.5. The maximum atomic E-state index is 11.5. The largest absolute Gasteiger partial charge is 0.508 e. The minimum absolute atomic E-state index is 0.177. The van der Waals surface area contributed by atoms with Crippen molar-refractivity contribution in [3.8, 4) is 5.75 Å². The second-order valence-electron chi connectivity index (χ2n) is 3.35. The van der Waals surface area contributed by atoms with Crippen LogP contribution in [0.2, 0.25) is 0 Å². The first-order chi connectivity index (χ1) is 7.67. The Morgan fingerprint density at radius 2 is 2.25 bits per heavy atom. The Bertz CT molecular complexity index is 349. The summed E-state index contributed by atoms with van der Waals surface area (Å²) in [6, 6.07) is 6.73. The number of hydrogen-bond donors (Lipinski definition) is 1. The van der Waals surface area contributed by atoms with Gasteiger partial charge in [-0.05, 0) is 24.6 Å². The molecule has 0 bridgehead atoms. The van der Waals surface area contributed by atoms with E-state index in [1.165, 1.54) is 7.11 Å². The van der Waals surface area contributed by atoms with Crippen molar-refractivity contribution in [3.63, 3.8) is 0 Å². The Morgan fingerprint density at radius 1 is 1.50 bits per heavy atom. The van der Waals surface area contributed by atoms with Crippen LogP contribution in [0.3, 0.4) is 0 Å². The molecule has 1 aromatic carbocycles. The number of carbonyl (C=O) groups is 1. The molecule has 0 amide bonds. The highest BCUT2D eigenvalue weighted by Gasteiger charge is 2.19. The first-order valence-corrected chi connectivity index (χ1v) is 5.14. The van der Waals surface area contributed by atoms with Gasteiger partial charge in [-0.2, -0.15) is 0 Å². The number of hydrogen-bond acceptors (Lipinski definition) is 4. The second-order valence-corrected chi connectivity index (χ2v) is 3.35. The van der Waals surface area contributed by atoms with E-state index in [1.807, 2.05) is 6.07 Å². The zero-order valence-corrected chi connectivity index (χ0v) is 9.47. The van der Waals surface area contributed by atoms with Gasteiger partial charge in [0.1, 0.15) is 5.75 Å². The van der Waals surface area contributed by atoms with Crippen molar-refractivity contribution in [3.05, 3.63) is 29.8 Å².